The van der Waals surface area contributed by atoms with Gasteiger partial charge in [0.15, 0.2) is 0 Å². The van der Waals surface area contributed by atoms with Crippen LogP contribution in [0.4, 0.5) is 19.0 Å². The highest BCUT2D eigenvalue weighted by Crippen LogP contribution is 2.37. The highest BCUT2D eigenvalue weighted by molar-refractivity contribution is 7.89. The van der Waals surface area contributed by atoms with Crippen LogP contribution >= 0.6 is 0 Å². The van der Waals surface area contributed by atoms with E-state index in [0.717, 1.165) is 12.1 Å². The van der Waals surface area contributed by atoms with E-state index >= 15 is 0 Å². The minimum atomic E-state index is -4.47. The van der Waals surface area contributed by atoms with Crippen LogP contribution < -0.4 is 4.90 Å². The standard InChI is InChI=1S/C19H23F3N4O2S/c1-3-11-29(27,28)25-9-7-24(8-10-25)18-16(13-23)15-6-5-14(19(20,21)22)12-17(15)26(18)4-2/h5-6,12H,3-4,7-11H2,1-2H3. The smallest absolute Gasteiger partial charge is 0.354 e. The van der Waals surface area contributed by atoms with E-state index in [2.05, 4.69) is 6.07 Å². The zero-order chi connectivity index (χ0) is 21.4. The summed E-state index contributed by atoms with van der Waals surface area (Å²) in [7, 11) is -3.31. The molecule has 0 radical (unpaired) electrons. The van der Waals surface area contributed by atoms with Crippen LogP contribution in [0.15, 0.2) is 18.2 Å². The van der Waals surface area contributed by atoms with Crippen molar-refractivity contribution in [2.24, 2.45) is 0 Å². The molecule has 2 aromatic rings. The molecule has 3 rings (SSSR count). The molecule has 0 bridgehead atoms. The van der Waals surface area contributed by atoms with E-state index in [-0.39, 0.29) is 18.8 Å². The van der Waals surface area contributed by atoms with Gasteiger partial charge < -0.3 is 9.47 Å². The zero-order valence-electron chi connectivity index (χ0n) is 16.3. The number of hydrogen-bond acceptors (Lipinski definition) is 4. The fourth-order valence-electron chi connectivity index (χ4n) is 3.84. The molecule has 1 saturated heterocycles. The van der Waals surface area contributed by atoms with Gasteiger partial charge in [-0.05, 0) is 25.5 Å². The minimum Gasteiger partial charge on any atom is -0.354 e. The number of nitrogens with zero attached hydrogens (tertiary/aromatic N) is 4. The minimum absolute atomic E-state index is 0.0892. The largest absolute Gasteiger partial charge is 0.416 e. The quantitative estimate of drug-likeness (QED) is 0.732. The summed E-state index contributed by atoms with van der Waals surface area (Å²) in [4.78, 5) is 1.90. The Kier molecular flexibility index (Phi) is 5.83. The molecule has 0 aliphatic carbocycles. The molecular weight excluding hydrogens is 405 g/mol. The molecule has 1 aliphatic heterocycles. The maximum Gasteiger partial charge on any atom is 0.416 e. The van der Waals surface area contributed by atoms with Crippen LogP contribution in [0.5, 0.6) is 0 Å². The monoisotopic (exact) mass is 428 g/mol. The Morgan fingerprint density at radius 3 is 2.31 bits per heavy atom. The molecule has 10 heteroatoms. The van der Waals surface area contributed by atoms with Crippen molar-refractivity contribution in [3.63, 3.8) is 0 Å². The maximum atomic E-state index is 13.2. The summed E-state index contributed by atoms with van der Waals surface area (Å²) in [6.45, 7) is 5.33. The number of nitriles is 1. The third-order valence-electron chi connectivity index (χ3n) is 5.19. The second-order valence-corrected chi connectivity index (χ2v) is 9.07. The Morgan fingerprint density at radius 1 is 1.14 bits per heavy atom. The van der Waals surface area contributed by atoms with Crippen molar-refractivity contribution in [2.75, 3.05) is 36.8 Å². The van der Waals surface area contributed by atoms with E-state index in [0.29, 0.717) is 48.3 Å². The Morgan fingerprint density at radius 2 is 1.79 bits per heavy atom. The summed E-state index contributed by atoms with van der Waals surface area (Å²) in [5.41, 5.74) is -0.0842. The zero-order valence-corrected chi connectivity index (χ0v) is 17.1. The van der Waals surface area contributed by atoms with Gasteiger partial charge in [0.25, 0.3) is 0 Å². The lowest BCUT2D eigenvalue weighted by molar-refractivity contribution is -0.137. The molecule has 0 atom stereocenters. The fourth-order valence-corrected chi connectivity index (χ4v) is 5.33. The van der Waals surface area contributed by atoms with Gasteiger partial charge in [-0.1, -0.05) is 13.0 Å². The molecule has 0 N–H and O–H groups in total. The van der Waals surface area contributed by atoms with Gasteiger partial charge in [-0.25, -0.2) is 8.42 Å². The van der Waals surface area contributed by atoms with E-state index in [1.54, 1.807) is 4.57 Å². The Balaban J connectivity index is 2.01. The van der Waals surface area contributed by atoms with Gasteiger partial charge in [-0.3, -0.25) is 0 Å². The first-order valence-electron chi connectivity index (χ1n) is 9.50. The lowest BCUT2D eigenvalue weighted by atomic mass is 10.1. The van der Waals surface area contributed by atoms with Gasteiger partial charge >= 0.3 is 6.18 Å². The summed E-state index contributed by atoms with van der Waals surface area (Å²) in [6.07, 6.45) is -3.93. The van der Waals surface area contributed by atoms with Crippen LogP contribution in [0, 0.1) is 11.3 Å². The number of piperazine rings is 1. The van der Waals surface area contributed by atoms with Crippen molar-refractivity contribution in [3.05, 3.63) is 29.3 Å². The molecule has 1 aliphatic rings. The number of fused-ring (bicyclic) bond motifs is 1. The SMILES string of the molecule is CCCS(=O)(=O)N1CCN(c2c(C#N)c3ccc(C(F)(F)F)cc3n2CC)CC1. The fraction of sp³-hybridized carbons (Fsp3) is 0.526. The normalized spacial score (nSPS) is 16.3. The van der Waals surface area contributed by atoms with Crippen molar-refractivity contribution in [1.29, 1.82) is 5.26 Å². The number of halogens is 3. The Labute approximate surface area is 168 Å². The lowest BCUT2D eigenvalue weighted by Gasteiger charge is -2.35. The van der Waals surface area contributed by atoms with Gasteiger partial charge in [-0.15, -0.1) is 0 Å². The van der Waals surface area contributed by atoms with E-state index in [1.165, 1.54) is 10.4 Å². The molecule has 158 valence electrons. The third-order valence-corrected chi connectivity index (χ3v) is 7.26. The predicted molar refractivity (Wildman–Crippen MR) is 105 cm³/mol. The Bertz CT molecular complexity index is 1050. The van der Waals surface area contributed by atoms with Crippen molar-refractivity contribution < 1.29 is 21.6 Å². The molecule has 0 amide bonds. The van der Waals surface area contributed by atoms with Crippen molar-refractivity contribution in [2.45, 2.75) is 33.0 Å². The first-order chi connectivity index (χ1) is 13.6. The van der Waals surface area contributed by atoms with Crippen molar-refractivity contribution in [1.82, 2.24) is 8.87 Å². The molecule has 0 unspecified atom stereocenters. The first kappa shape index (κ1) is 21.5. The van der Waals surface area contributed by atoms with Crippen LogP contribution in [-0.4, -0.2) is 49.2 Å². The van der Waals surface area contributed by atoms with Crippen molar-refractivity contribution in [3.8, 4) is 6.07 Å². The Hall–Kier alpha value is -2.25. The first-order valence-corrected chi connectivity index (χ1v) is 11.1. The number of sulfonamides is 1. The van der Waals surface area contributed by atoms with Crippen molar-refractivity contribution >= 4 is 26.7 Å². The van der Waals surface area contributed by atoms with E-state index in [1.807, 2.05) is 18.7 Å². The highest BCUT2D eigenvalue weighted by Gasteiger charge is 2.33. The van der Waals surface area contributed by atoms with Crippen LogP contribution in [0.3, 0.4) is 0 Å². The summed E-state index contributed by atoms with van der Waals surface area (Å²) < 4.78 is 67.2. The number of aromatic nitrogens is 1. The third kappa shape index (κ3) is 3.94. The van der Waals surface area contributed by atoms with Gasteiger partial charge in [0, 0.05) is 38.1 Å². The van der Waals surface area contributed by atoms with Gasteiger partial charge in [0.05, 0.1) is 16.8 Å². The highest BCUT2D eigenvalue weighted by atomic mass is 32.2. The predicted octanol–water partition coefficient (Wildman–Crippen LogP) is 3.41. The summed E-state index contributed by atoms with van der Waals surface area (Å²) >= 11 is 0. The number of alkyl halides is 3. The molecule has 1 aromatic heterocycles. The number of anilines is 1. The number of rotatable bonds is 5. The van der Waals surface area contributed by atoms with E-state index in [4.69, 9.17) is 0 Å². The van der Waals surface area contributed by atoms with Gasteiger partial charge in [0.2, 0.25) is 10.0 Å². The average Bonchev–Trinajstić information content (AvgIpc) is 3.00. The number of hydrogen-bond donors (Lipinski definition) is 0. The summed E-state index contributed by atoms with van der Waals surface area (Å²) in [5, 5.41) is 10.2. The van der Waals surface area contributed by atoms with Crippen LogP contribution in [0.1, 0.15) is 31.4 Å². The molecule has 6 nitrogen and oxygen atoms in total. The van der Waals surface area contributed by atoms with Gasteiger partial charge in [0.1, 0.15) is 17.5 Å². The lowest BCUT2D eigenvalue weighted by Crippen LogP contribution is -2.49. The molecule has 0 saturated carbocycles. The maximum absolute atomic E-state index is 13.2. The van der Waals surface area contributed by atoms with Crippen LogP contribution in [0.25, 0.3) is 10.9 Å². The van der Waals surface area contributed by atoms with Crippen LogP contribution in [-0.2, 0) is 22.7 Å². The topological polar surface area (TPSA) is 69.3 Å². The number of aryl methyl sites for hydroxylation is 1. The van der Waals surface area contributed by atoms with E-state index < -0.39 is 21.8 Å². The molecule has 29 heavy (non-hydrogen) atoms. The molecule has 2 heterocycles. The second kappa shape index (κ2) is 7.88. The molecule has 1 fully saturated rings. The molecule has 1 aromatic carbocycles. The van der Waals surface area contributed by atoms with Crippen LogP contribution in [0.2, 0.25) is 0 Å². The summed E-state index contributed by atoms with van der Waals surface area (Å²) in [5.74, 6) is 0.642. The second-order valence-electron chi connectivity index (χ2n) is 6.99. The van der Waals surface area contributed by atoms with E-state index in [9.17, 15) is 26.9 Å². The molecule has 0 spiro atoms. The number of benzene rings is 1. The average molecular weight is 428 g/mol. The summed E-state index contributed by atoms with van der Waals surface area (Å²) in [6, 6.07) is 5.54. The molecular formula is C19H23F3N4O2S. The van der Waals surface area contributed by atoms with Gasteiger partial charge in [-0.2, -0.15) is 22.7 Å².